The molecule has 3 nitrogen and oxygen atoms in total. The highest BCUT2D eigenvalue weighted by Gasteiger charge is 2.12. The first-order valence-electron chi connectivity index (χ1n) is 7.96. The Bertz CT molecular complexity index is 403. The van der Waals surface area contributed by atoms with E-state index in [0.29, 0.717) is 12.5 Å². The molecule has 4 heteroatoms. The van der Waals surface area contributed by atoms with Gasteiger partial charge in [0.05, 0.1) is 0 Å². The Labute approximate surface area is 132 Å². The van der Waals surface area contributed by atoms with Crippen molar-refractivity contribution >= 4 is 17.7 Å². The molecule has 0 aromatic heterocycles. The summed E-state index contributed by atoms with van der Waals surface area (Å²) < 4.78 is 0. The fraction of sp³-hybridized carbons (Fsp3) is 0.588. The van der Waals surface area contributed by atoms with E-state index in [9.17, 15) is 4.79 Å². The van der Waals surface area contributed by atoms with Crippen molar-refractivity contribution in [3.63, 3.8) is 0 Å². The molecule has 1 atom stereocenters. The molecule has 21 heavy (non-hydrogen) atoms. The van der Waals surface area contributed by atoms with E-state index in [1.54, 1.807) is 0 Å². The van der Waals surface area contributed by atoms with Crippen molar-refractivity contribution in [2.45, 2.75) is 43.9 Å². The van der Waals surface area contributed by atoms with Gasteiger partial charge >= 0.3 is 0 Å². The number of rotatable bonds is 7. The molecule has 1 heterocycles. The standard InChI is InChI=1S/C17H26N2OS/c20-17(19-13-16-9-5-2-6-11-18-16)10-12-21-14-15-7-3-1-4-8-15/h1,3-4,7-8,16,18H,2,5-6,9-14H2,(H,19,20)/t16-/m1/s1. The third kappa shape index (κ3) is 7.00. The number of amides is 1. The summed E-state index contributed by atoms with van der Waals surface area (Å²) in [6, 6.07) is 10.9. The van der Waals surface area contributed by atoms with Gasteiger partial charge in [-0.3, -0.25) is 4.79 Å². The first-order chi connectivity index (χ1) is 10.3. The molecule has 1 aliphatic heterocycles. The van der Waals surface area contributed by atoms with Crippen molar-refractivity contribution in [1.29, 1.82) is 0 Å². The van der Waals surface area contributed by atoms with Gasteiger partial charge in [0.2, 0.25) is 5.91 Å². The van der Waals surface area contributed by atoms with Crippen molar-refractivity contribution in [3.05, 3.63) is 35.9 Å². The summed E-state index contributed by atoms with van der Waals surface area (Å²) >= 11 is 1.82. The molecule has 0 radical (unpaired) electrons. The van der Waals surface area contributed by atoms with Crippen LogP contribution in [0.25, 0.3) is 0 Å². The first kappa shape index (κ1) is 16.4. The molecule has 1 saturated heterocycles. The Kier molecular flexibility index (Phi) is 7.68. The van der Waals surface area contributed by atoms with E-state index in [-0.39, 0.29) is 5.91 Å². The second kappa shape index (κ2) is 9.85. The van der Waals surface area contributed by atoms with E-state index >= 15 is 0 Å². The lowest BCUT2D eigenvalue weighted by Gasteiger charge is -2.16. The lowest BCUT2D eigenvalue weighted by Crippen LogP contribution is -2.40. The third-order valence-corrected chi connectivity index (χ3v) is 4.82. The van der Waals surface area contributed by atoms with Crippen LogP contribution >= 0.6 is 11.8 Å². The van der Waals surface area contributed by atoms with Gasteiger partial charge in [-0.25, -0.2) is 0 Å². The van der Waals surface area contributed by atoms with Crippen LogP contribution in [0.4, 0.5) is 0 Å². The van der Waals surface area contributed by atoms with Crippen LogP contribution in [0.5, 0.6) is 0 Å². The highest BCUT2D eigenvalue weighted by molar-refractivity contribution is 7.98. The van der Waals surface area contributed by atoms with E-state index in [4.69, 9.17) is 0 Å². The number of hydrogen-bond donors (Lipinski definition) is 2. The molecule has 2 N–H and O–H groups in total. The van der Waals surface area contributed by atoms with Gasteiger partial charge in [0, 0.05) is 30.5 Å². The van der Waals surface area contributed by atoms with Gasteiger partial charge in [-0.05, 0) is 24.9 Å². The highest BCUT2D eigenvalue weighted by Crippen LogP contribution is 2.12. The predicted molar refractivity (Wildman–Crippen MR) is 90.5 cm³/mol. The Morgan fingerprint density at radius 2 is 2.10 bits per heavy atom. The molecule has 1 amide bonds. The molecule has 0 bridgehead atoms. The van der Waals surface area contributed by atoms with Crippen LogP contribution in [0.1, 0.15) is 37.7 Å². The first-order valence-corrected chi connectivity index (χ1v) is 9.12. The molecule has 1 aromatic carbocycles. The van der Waals surface area contributed by atoms with Crippen LogP contribution in [-0.2, 0) is 10.5 Å². The monoisotopic (exact) mass is 306 g/mol. The summed E-state index contributed by atoms with van der Waals surface area (Å²) in [4.78, 5) is 11.8. The van der Waals surface area contributed by atoms with Crippen LogP contribution in [0.15, 0.2) is 30.3 Å². The summed E-state index contributed by atoms with van der Waals surface area (Å²) in [5.74, 6) is 2.05. The molecule has 0 aliphatic carbocycles. The predicted octanol–water partition coefficient (Wildman–Crippen LogP) is 2.96. The molecular formula is C17H26N2OS. The summed E-state index contributed by atoms with van der Waals surface area (Å²) in [6.45, 7) is 1.87. The molecule has 0 unspecified atom stereocenters. The van der Waals surface area contributed by atoms with Gasteiger partial charge in [-0.15, -0.1) is 0 Å². The molecule has 1 aliphatic rings. The fourth-order valence-corrected chi connectivity index (χ4v) is 3.43. The number of carbonyl (C=O) groups excluding carboxylic acids is 1. The maximum absolute atomic E-state index is 11.8. The second-order valence-corrected chi connectivity index (χ2v) is 6.70. The van der Waals surface area contributed by atoms with Crippen molar-refractivity contribution in [3.8, 4) is 0 Å². The Morgan fingerprint density at radius 3 is 2.95 bits per heavy atom. The lowest BCUT2D eigenvalue weighted by atomic mass is 10.1. The summed E-state index contributed by atoms with van der Waals surface area (Å²) in [7, 11) is 0. The van der Waals surface area contributed by atoms with E-state index in [2.05, 4.69) is 34.9 Å². The SMILES string of the molecule is O=C(CCSCc1ccccc1)NC[C@H]1CCCCCN1. The van der Waals surface area contributed by atoms with Crippen molar-refractivity contribution in [2.24, 2.45) is 0 Å². The van der Waals surface area contributed by atoms with Crippen LogP contribution in [-0.4, -0.2) is 30.8 Å². The zero-order valence-electron chi connectivity index (χ0n) is 12.6. The minimum Gasteiger partial charge on any atom is -0.355 e. The largest absolute Gasteiger partial charge is 0.355 e. The normalized spacial score (nSPS) is 19.0. The topological polar surface area (TPSA) is 41.1 Å². The van der Waals surface area contributed by atoms with Gasteiger partial charge < -0.3 is 10.6 Å². The van der Waals surface area contributed by atoms with E-state index in [0.717, 1.165) is 24.6 Å². The quantitative estimate of drug-likeness (QED) is 0.761. The van der Waals surface area contributed by atoms with Crippen LogP contribution in [0.3, 0.4) is 0 Å². The van der Waals surface area contributed by atoms with Crippen LogP contribution < -0.4 is 10.6 Å². The lowest BCUT2D eigenvalue weighted by molar-refractivity contribution is -0.120. The summed E-state index contributed by atoms with van der Waals surface area (Å²) in [5, 5.41) is 6.57. The minimum absolute atomic E-state index is 0.182. The number of carbonyl (C=O) groups is 1. The third-order valence-electron chi connectivity index (χ3n) is 3.79. The smallest absolute Gasteiger partial charge is 0.220 e. The Morgan fingerprint density at radius 1 is 1.24 bits per heavy atom. The number of nitrogens with one attached hydrogen (secondary N) is 2. The van der Waals surface area contributed by atoms with Crippen molar-refractivity contribution in [1.82, 2.24) is 10.6 Å². The summed E-state index contributed by atoms with van der Waals surface area (Å²) in [5.41, 5.74) is 1.32. The van der Waals surface area contributed by atoms with Gasteiger partial charge in [-0.2, -0.15) is 11.8 Å². The van der Waals surface area contributed by atoms with Gasteiger partial charge in [-0.1, -0.05) is 43.2 Å². The van der Waals surface area contributed by atoms with Crippen LogP contribution in [0.2, 0.25) is 0 Å². The van der Waals surface area contributed by atoms with E-state index in [1.807, 2.05) is 17.8 Å². The molecule has 2 rings (SSSR count). The van der Waals surface area contributed by atoms with Gasteiger partial charge in [0.25, 0.3) is 0 Å². The Hall–Kier alpha value is -1.00. The Balaban J connectivity index is 1.53. The van der Waals surface area contributed by atoms with Gasteiger partial charge in [0.1, 0.15) is 0 Å². The summed E-state index contributed by atoms with van der Waals surface area (Å²) in [6.07, 6.45) is 5.65. The zero-order chi connectivity index (χ0) is 14.8. The highest BCUT2D eigenvalue weighted by atomic mass is 32.2. The minimum atomic E-state index is 0.182. The maximum Gasteiger partial charge on any atom is 0.220 e. The maximum atomic E-state index is 11.8. The average molecular weight is 306 g/mol. The number of hydrogen-bond acceptors (Lipinski definition) is 3. The van der Waals surface area contributed by atoms with E-state index < -0.39 is 0 Å². The fourth-order valence-electron chi connectivity index (χ4n) is 2.53. The van der Waals surface area contributed by atoms with E-state index in [1.165, 1.54) is 31.2 Å². The average Bonchev–Trinajstić information content (AvgIpc) is 2.79. The molecule has 116 valence electrons. The molecule has 0 spiro atoms. The van der Waals surface area contributed by atoms with Crippen molar-refractivity contribution in [2.75, 3.05) is 18.8 Å². The number of thioether (sulfide) groups is 1. The van der Waals surface area contributed by atoms with Crippen LogP contribution in [0, 0.1) is 0 Å². The molecule has 0 saturated carbocycles. The molecule has 1 aromatic rings. The molecular weight excluding hydrogens is 280 g/mol. The zero-order valence-corrected chi connectivity index (χ0v) is 13.5. The molecule has 1 fully saturated rings. The number of benzene rings is 1. The second-order valence-electron chi connectivity index (χ2n) is 5.59. The van der Waals surface area contributed by atoms with Crippen molar-refractivity contribution < 1.29 is 4.79 Å². The van der Waals surface area contributed by atoms with Gasteiger partial charge in [0.15, 0.2) is 0 Å².